The third kappa shape index (κ3) is 74.0. The maximum atomic E-state index is 10.6. The molecule has 0 atom stereocenters. The summed E-state index contributed by atoms with van der Waals surface area (Å²) >= 11 is 0. The van der Waals surface area contributed by atoms with Gasteiger partial charge in [0.2, 0.25) is 0 Å². The summed E-state index contributed by atoms with van der Waals surface area (Å²) in [6.07, 6.45) is -5.88. The van der Waals surface area contributed by atoms with Crippen molar-refractivity contribution in [3.63, 3.8) is 0 Å². The lowest BCUT2D eigenvalue weighted by atomic mass is 11.3. The molecule has 13 nitrogen and oxygen atoms in total. The van der Waals surface area contributed by atoms with Crippen LogP contribution in [0.2, 0.25) is 0 Å². The maximum Gasteiger partial charge on any atom is 0.402 e. The van der Waals surface area contributed by atoms with Crippen LogP contribution in [0.4, 0.5) is 14.4 Å². The van der Waals surface area contributed by atoms with Gasteiger partial charge in [0.15, 0.2) is 7.14 Å². The molecular weight excluding hydrogens is 305 g/mol. The summed E-state index contributed by atoms with van der Waals surface area (Å²) < 4.78 is 10.6. The van der Waals surface area contributed by atoms with Gasteiger partial charge in [-0.3, -0.25) is 0 Å². The first-order valence-electron chi connectivity index (χ1n) is 4.23. The minimum atomic E-state index is -3.00. The normalized spacial score (nSPS) is 8.35. The molecule has 0 rings (SSSR count). The first kappa shape index (κ1) is 26.5. The van der Waals surface area contributed by atoms with Gasteiger partial charge in [-0.15, -0.1) is 0 Å². The average Bonchev–Trinajstić information content (AvgIpc) is 2.26. The highest BCUT2D eigenvalue weighted by Gasteiger charge is 2.16. The van der Waals surface area contributed by atoms with E-state index in [0.29, 0.717) is 0 Å². The summed E-state index contributed by atoms with van der Waals surface area (Å²) in [5.74, 6) is 0. The number of hydrogen-bond acceptors (Lipinski definition) is 7. The number of rotatable bonds is 3. The maximum absolute atomic E-state index is 10.6. The van der Waals surface area contributed by atoms with Crippen LogP contribution in [0.1, 0.15) is 0 Å². The van der Waals surface area contributed by atoms with Crippen LogP contribution >= 0.6 is 7.14 Å². The Balaban J connectivity index is -0.0000000917. The van der Waals surface area contributed by atoms with Crippen molar-refractivity contribution in [3.05, 3.63) is 0 Å². The summed E-state index contributed by atoms with van der Waals surface area (Å²) in [6, 6.07) is 0. The Bertz CT molecular complexity index is 263. The van der Waals surface area contributed by atoms with E-state index >= 15 is 0 Å². The van der Waals surface area contributed by atoms with Gasteiger partial charge in [0.25, 0.3) is 0 Å². The molecule has 0 saturated heterocycles. The van der Waals surface area contributed by atoms with Crippen LogP contribution in [0, 0.1) is 0 Å². The van der Waals surface area contributed by atoms with Crippen molar-refractivity contribution >= 4 is 25.4 Å². The quantitative estimate of drug-likeness (QED) is 0.259. The van der Waals surface area contributed by atoms with Crippen molar-refractivity contribution < 1.29 is 49.6 Å². The van der Waals surface area contributed by atoms with Crippen LogP contribution in [0.5, 0.6) is 0 Å². The molecule has 0 aromatic heterocycles. The van der Waals surface area contributed by atoms with Gasteiger partial charge in [-0.05, 0) is 0 Å². The van der Waals surface area contributed by atoms with E-state index in [1.807, 2.05) is 0 Å². The monoisotopic (exact) mass is 323 g/mol. The van der Waals surface area contributed by atoms with Crippen molar-refractivity contribution in [2.24, 2.45) is 17.2 Å². The Hall–Kier alpha value is -2.08. The molecule has 0 aromatic carbocycles. The Kier molecular flexibility index (Phi) is 22.4. The first-order chi connectivity index (χ1) is 8.88. The highest BCUT2D eigenvalue weighted by molar-refractivity contribution is 7.63. The molecule has 0 radical (unpaired) electrons. The zero-order chi connectivity index (χ0) is 17.4. The second-order valence-electron chi connectivity index (χ2n) is 2.50. The van der Waals surface area contributed by atoms with Crippen LogP contribution in [0.15, 0.2) is 0 Å². The van der Waals surface area contributed by atoms with Gasteiger partial charge in [-0.1, -0.05) is 0 Å². The van der Waals surface area contributed by atoms with E-state index in [1.54, 1.807) is 0 Å². The van der Waals surface area contributed by atoms with E-state index in [4.69, 9.17) is 45.0 Å². The second kappa shape index (κ2) is 16.9. The molecule has 3 amide bonds. The number of aliphatic hydroxyl groups is 3. The third-order valence-corrected chi connectivity index (χ3v) is 2.32. The average molecular weight is 323 g/mol. The molecule has 0 aliphatic rings. The zero-order valence-electron chi connectivity index (χ0n) is 10.1. The van der Waals surface area contributed by atoms with Crippen molar-refractivity contribution in [1.29, 1.82) is 0 Å². The number of amides is 3. The van der Waals surface area contributed by atoms with Crippen LogP contribution in [0.25, 0.3) is 0 Å². The predicted octanol–water partition coefficient (Wildman–Crippen LogP) is -1.93. The van der Waals surface area contributed by atoms with E-state index in [9.17, 15) is 4.57 Å². The molecule has 0 bridgehead atoms. The number of carboxylic acid groups (broad SMARTS) is 3. The molecule has 0 fully saturated rings. The van der Waals surface area contributed by atoms with E-state index in [0.717, 1.165) is 0 Å². The molecule has 0 spiro atoms. The largest absolute Gasteiger partial charge is 0.465 e. The van der Waals surface area contributed by atoms with Crippen molar-refractivity contribution in [3.8, 4) is 0 Å². The summed E-state index contributed by atoms with van der Waals surface area (Å²) in [5.41, 5.74) is 12.1. The summed E-state index contributed by atoms with van der Waals surface area (Å²) in [6.45, 7) is 0. The standard InChI is InChI=1S/C3H9O4P.3CH3NO2/c4-1-8(7,2-5)3-6;3*2-1(3)4/h4-6H,1-3H2;3*2H2,(H,3,4). The first-order valence-corrected chi connectivity index (χ1v) is 6.49. The predicted molar refractivity (Wildman–Crippen MR) is 65.5 cm³/mol. The lowest BCUT2D eigenvalue weighted by Crippen LogP contribution is -2.03. The molecule has 0 saturated carbocycles. The van der Waals surface area contributed by atoms with Crippen LogP contribution in [-0.2, 0) is 4.57 Å². The molecule has 14 heteroatoms. The highest BCUT2D eigenvalue weighted by atomic mass is 31.2. The number of hydrogen-bond donors (Lipinski definition) is 9. The minimum Gasteiger partial charge on any atom is -0.465 e. The van der Waals surface area contributed by atoms with Gasteiger partial charge in [-0.2, -0.15) is 0 Å². The van der Waals surface area contributed by atoms with Gasteiger partial charge in [0, 0.05) is 0 Å². The topological polar surface area (TPSA) is 268 Å². The lowest BCUT2D eigenvalue weighted by Gasteiger charge is -2.05. The van der Waals surface area contributed by atoms with Gasteiger partial charge in [-0.25, -0.2) is 14.4 Å². The van der Waals surface area contributed by atoms with E-state index in [-0.39, 0.29) is 0 Å². The minimum absolute atomic E-state index is 0.625. The molecule has 0 aliphatic heterocycles. The molecule has 0 heterocycles. The van der Waals surface area contributed by atoms with Crippen molar-refractivity contribution in [2.75, 3.05) is 19.0 Å². The number of nitrogens with two attached hydrogens (primary N) is 3. The SMILES string of the molecule is NC(=O)O.NC(=O)O.NC(=O)O.O=P(CO)(CO)CO. The van der Waals surface area contributed by atoms with Crippen molar-refractivity contribution in [1.82, 2.24) is 0 Å². The molecule has 20 heavy (non-hydrogen) atoms. The number of carbonyl (C=O) groups is 3. The Morgan fingerprint density at radius 3 is 0.800 bits per heavy atom. The highest BCUT2D eigenvalue weighted by Crippen LogP contribution is 2.40. The molecular formula is C6H18N3O10P. The number of primary amides is 3. The fourth-order valence-electron chi connectivity index (χ4n) is 0.134. The summed E-state index contributed by atoms with van der Waals surface area (Å²) in [5, 5.41) is 46.2. The Morgan fingerprint density at radius 2 is 0.800 bits per heavy atom. The van der Waals surface area contributed by atoms with Crippen LogP contribution in [-0.4, -0.2) is 68.0 Å². The van der Waals surface area contributed by atoms with Gasteiger partial charge >= 0.3 is 18.3 Å². The smallest absolute Gasteiger partial charge is 0.402 e. The van der Waals surface area contributed by atoms with E-state index in [1.165, 1.54) is 0 Å². The molecule has 0 aromatic rings. The van der Waals surface area contributed by atoms with Gasteiger partial charge < -0.3 is 52.4 Å². The number of aliphatic hydroxyl groups excluding tert-OH is 3. The molecule has 122 valence electrons. The van der Waals surface area contributed by atoms with Gasteiger partial charge in [0.05, 0.1) is 0 Å². The second-order valence-corrected chi connectivity index (χ2v) is 5.46. The van der Waals surface area contributed by atoms with Crippen LogP contribution in [0.3, 0.4) is 0 Å². The third-order valence-electron chi connectivity index (χ3n) is 0.773. The van der Waals surface area contributed by atoms with E-state index < -0.39 is 44.5 Å². The molecule has 12 N–H and O–H groups in total. The zero-order valence-corrected chi connectivity index (χ0v) is 11.0. The summed E-state index contributed by atoms with van der Waals surface area (Å²) in [4.78, 5) is 26.3. The molecule has 0 aliphatic carbocycles. The van der Waals surface area contributed by atoms with Gasteiger partial charge in [0.1, 0.15) is 19.0 Å². The van der Waals surface area contributed by atoms with Crippen molar-refractivity contribution in [2.45, 2.75) is 0 Å². The summed E-state index contributed by atoms with van der Waals surface area (Å²) in [7, 11) is -3.00. The fraction of sp³-hybridized carbons (Fsp3) is 0.500. The fourth-order valence-corrected chi connectivity index (χ4v) is 0.402. The Labute approximate surface area is 112 Å². The Morgan fingerprint density at radius 1 is 0.700 bits per heavy atom. The lowest BCUT2D eigenvalue weighted by molar-refractivity contribution is 0.204. The molecule has 0 unspecified atom stereocenters. The van der Waals surface area contributed by atoms with E-state index in [2.05, 4.69) is 17.2 Å². The van der Waals surface area contributed by atoms with Crippen LogP contribution < -0.4 is 17.2 Å².